The van der Waals surface area contributed by atoms with Gasteiger partial charge in [0.05, 0.1) is 39.9 Å². The van der Waals surface area contributed by atoms with E-state index < -0.39 is 20.0 Å². The van der Waals surface area contributed by atoms with Crippen molar-refractivity contribution in [2.45, 2.75) is 251 Å². The predicted molar refractivity (Wildman–Crippen MR) is 233 cm³/mol. The highest BCUT2D eigenvalue weighted by Crippen LogP contribution is 2.38. The maximum atomic E-state index is 12.9. The monoisotopic (exact) mass is 803 g/mol. The molecule has 3 atom stereocenters. The minimum absolute atomic E-state index is 0.0161. The number of phosphoric acid groups is 1. The number of aliphatic hydroxyl groups is 1. The Labute approximate surface area is 342 Å². The SMILES string of the molecule is CCCCCCCCCCCCCCCCCCCCCCCC(O)C(COP(=O)([O-])OCC[N+](C)(C)C)NC(=O)CCCCCCCCCCCCCC. The second kappa shape index (κ2) is 39.0. The fourth-order valence-electron chi connectivity index (χ4n) is 7.28. The number of aliphatic hydroxyl groups excluding tert-OH is 1. The van der Waals surface area contributed by atoms with E-state index in [0.29, 0.717) is 23.9 Å². The summed E-state index contributed by atoms with van der Waals surface area (Å²) in [6, 6.07) is -0.792. The van der Waals surface area contributed by atoms with Gasteiger partial charge in [-0.15, -0.1) is 0 Å². The normalized spacial score (nSPS) is 14.2. The molecular weight excluding hydrogens is 707 g/mol. The van der Waals surface area contributed by atoms with Crippen LogP contribution < -0.4 is 10.2 Å². The van der Waals surface area contributed by atoms with Gasteiger partial charge in [0.1, 0.15) is 13.2 Å². The largest absolute Gasteiger partial charge is 0.756 e. The van der Waals surface area contributed by atoms with Crippen molar-refractivity contribution in [2.75, 3.05) is 40.9 Å². The number of quaternary nitrogens is 1. The zero-order valence-electron chi connectivity index (χ0n) is 37.4. The molecule has 1 amide bonds. The topological polar surface area (TPSA) is 108 Å². The first-order valence-electron chi connectivity index (χ1n) is 23.9. The van der Waals surface area contributed by atoms with Gasteiger partial charge in [-0.1, -0.05) is 219 Å². The van der Waals surface area contributed by atoms with Crippen molar-refractivity contribution in [1.29, 1.82) is 0 Å². The summed E-state index contributed by atoms with van der Waals surface area (Å²) in [6.07, 6.45) is 42.5. The Morgan fingerprint density at radius 2 is 0.891 bits per heavy atom. The van der Waals surface area contributed by atoms with E-state index in [1.54, 1.807) is 0 Å². The predicted octanol–water partition coefficient (Wildman–Crippen LogP) is 12.7. The highest BCUT2D eigenvalue weighted by molar-refractivity contribution is 7.45. The zero-order chi connectivity index (χ0) is 40.7. The summed E-state index contributed by atoms with van der Waals surface area (Å²) in [5.41, 5.74) is 0. The first kappa shape index (κ1) is 54.5. The molecule has 0 radical (unpaired) electrons. The molecule has 0 aromatic carbocycles. The van der Waals surface area contributed by atoms with E-state index >= 15 is 0 Å². The van der Waals surface area contributed by atoms with Gasteiger partial charge in [0.15, 0.2) is 0 Å². The molecule has 0 rings (SSSR count). The van der Waals surface area contributed by atoms with Crippen LogP contribution in [0, 0.1) is 0 Å². The lowest BCUT2D eigenvalue weighted by molar-refractivity contribution is -0.870. The van der Waals surface area contributed by atoms with Crippen LogP contribution >= 0.6 is 7.82 Å². The van der Waals surface area contributed by atoms with Gasteiger partial charge >= 0.3 is 0 Å². The van der Waals surface area contributed by atoms with Crippen LogP contribution in [0.2, 0.25) is 0 Å². The molecule has 55 heavy (non-hydrogen) atoms. The molecular formula is C46H95N2O6P. The summed E-state index contributed by atoms with van der Waals surface area (Å²) >= 11 is 0. The Kier molecular flexibility index (Phi) is 38.6. The maximum Gasteiger partial charge on any atom is 0.268 e. The van der Waals surface area contributed by atoms with Gasteiger partial charge in [0, 0.05) is 6.42 Å². The number of amides is 1. The number of hydrogen-bond acceptors (Lipinski definition) is 6. The van der Waals surface area contributed by atoms with Crippen LogP contribution in [-0.2, 0) is 18.4 Å². The van der Waals surface area contributed by atoms with Gasteiger partial charge < -0.3 is 28.8 Å². The molecule has 0 aliphatic rings. The summed E-state index contributed by atoms with van der Waals surface area (Å²) in [5, 5.41) is 13.9. The van der Waals surface area contributed by atoms with Crippen LogP contribution in [0.5, 0.6) is 0 Å². The lowest BCUT2D eigenvalue weighted by Crippen LogP contribution is -2.46. The van der Waals surface area contributed by atoms with Crippen molar-refractivity contribution < 1.29 is 32.9 Å². The molecule has 2 N–H and O–H groups in total. The number of carbonyl (C=O) groups is 1. The zero-order valence-corrected chi connectivity index (χ0v) is 38.3. The lowest BCUT2D eigenvalue weighted by atomic mass is 10.0. The van der Waals surface area contributed by atoms with E-state index in [-0.39, 0.29) is 19.1 Å². The van der Waals surface area contributed by atoms with Gasteiger partial charge in [-0.25, -0.2) is 0 Å². The number of phosphoric ester groups is 1. The van der Waals surface area contributed by atoms with Crippen LogP contribution in [0.4, 0.5) is 0 Å². The average molecular weight is 803 g/mol. The van der Waals surface area contributed by atoms with E-state index in [2.05, 4.69) is 19.2 Å². The summed E-state index contributed by atoms with van der Waals surface area (Å²) in [7, 11) is 1.32. The van der Waals surface area contributed by atoms with Crippen LogP contribution in [0.25, 0.3) is 0 Å². The third-order valence-electron chi connectivity index (χ3n) is 11.1. The molecule has 0 bridgehead atoms. The molecule has 330 valence electrons. The third-order valence-corrected chi connectivity index (χ3v) is 12.1. The van der Waals surface area contributed by atoms with Crippen molar-refractivity contribution in [3.63, 3.8) is 0 Å². The van der Waals surface area contributed by atoms with Crippen LogP contribution in [0.3, 0.4) is 0 Å². The Bertz CT molecular complexity index is 870. The molecule has 0 spiro atoms. The molecule has 0 fully saturated rings. The maximum absolute atomic E-state index is 12.9. The summed E-state index contributed by atoms with van der Waals surface area (Å²) in [5.74, 6) is -0.162. The fraction of sp³-hybridized carbons (Fsp3) is 0.978. The number of nitrogens with one attached hydrogen (secondary N) is 1. The van der Waals surface area contributed by atoms with Crippen molar-refractivity contribution in [2.24, 2.45) is 0 Å². The summed E-state index contributed by atoms with van der Waals surface area (Å²) in [6.45, 7) is 4.74. The van der Waals surface area contributed by atoms with Crippen LogP contribution in [0.1, 0.15) is 239 Å². The summed E-state index contributed by atoms with van der Waals surface area (Å²) in [4.78, 5) is 25.3. The Hall–Kier alpha value is -0.500. The number of nitrogens with zero attached hydrogens (tertiary/aromatic N) is 1. The molecule has 0 saturated heterocycles. The molecule has 0 aliphatic carbocycles. The molecule has 0 aromatic rings. The first-order valence-corrected chi connectivity index (χ1v) is 25.3. The third kappa shape index (κ3) is 41.5. The molecule has 3 unspecified atom stereocenters. The number of hydrogen-bond donors (Lipinski definition) is 2. The second-order valence-corrected chi connectivity index (χ2v) is 19.2. The van der Waals surface area contributed by atoms with Crippen molar-refractivity contribution in [1.82, 2.24) is 5.32 Å². The van der Waals surface area contributed by atoms with Gasteiger partial charge in [0.25, 0.3) is 7.82 Å². The van der Waals surface area contributed by atoms with E-state index in [0.717, 1.165) is 38.5 Å². The van der Waals surface area contributed by atoms with E-state index in [1.165, 1.54) is 173 Å². The van der Waals surface area contributed by atoms with Crippen molar-refractivity contribution in [3.8, 4) is 0 Å². The quantitative estimate of drug-likeness (QED) is 0.0361. The smallest absolute Gasteiger partial charge is 0.268 e. The highest BCUT2D eigenvalue weighted by atomic mass is 31.2. The average Bonchev–Trinajstić information content (AvgIpc) is 3.13. The van der Waals surface area contributed by atoms with Crippen molar-refractivity contribution >= 4 is 13.7 Å². The van der Waals surface area contributed by atoms with E-state index in [1.807, 2.05) is 21.1 Å². The number of unbranched alkanes of at least 4 members (excludes halogenated alkanes) is 31. The Morgan fingerprint density at radius 1 is 0.564 bits per heavy atom. The Morgan fingerprint density at radius 3 is 1.24 bits per heavy atom. The van der Waals surface area contributed by atoms with Gasteiger partial charge in [-0.3, -0.25) is 9.36 Å². The van der Waals surface area contributed by atoms with Gasteiger partial charge in [0.2, 0.25) is 5.91 Å². The first-order chi connectivity index (χ1) is 26.5. The number of rotatable bonds is 44. The summed E-state index contributed by atoms with van der Waals surface area (Å²) < 4.78 is 23.3. The van der Waals surface area contributed by atoms with Crippen LogP contribution in [0.15, 0.2) is 0 Å². The molecule has 0 aliphatic heterocycles. The standard InChI is InChI=1S/C46H95N2O6P/c1-6-8-10-12-14-16-18-20-21-22-23-24-25-26-27-28-29-31-33-35-37-39-45(49)44(43-54-55(51,52)53-42-41-48(3,4)5)47-46(50)40-38-36-34-32-30-19-17-15-13-11-9-7-2/h44-45,49H,6-43H2,1-5H3,(H-,47,50,51,52). The number of carbonyl (C=O) groups excluding carboxylic acids is 1. The van der Waals surface area contributed by atoms with Crippen LogP contribution in [-0.4, -0.2) is 68.5 Å². The molecule has 8 nitrogen and oxygen atoms in total. The highest BCUT2D eigenvalue weighted by Gasteiger charge is 2.24. The fourth-order valence-corrected chi connectivity index (χ4v) is 8.00. The Balaban J connectivity index is 4.22. The molecule has 0 heterocycles. The minimum Gasteiger partial charge on any atom is -0.756 e. The van der Waals surface area contributed by atoms with Gasteiger partial charge in [-0.05, 0) is 12.8 Å². The second-order valence-electron chi connectivity index (χ2n) is 17.8. The molecule has 0 aromatic heterocycles. The lowest BCUT2D eigenvalue weighted by Gasteiger charge is -2.30. The van der Waals surface area contributed by atoms with Crippen molar-refractivity contribution in [3.05, 3.63) is 0 Å². The van der Waals surface area contributed by atoms with E-state index in [4.69, 9.17) is 9.05 Å². The number of likely N-dealkylation sites (N-methyl/N-ethyl adjacent to an activating group) is 1. The molecule has 9 heteroatoms. The van der Waals surface area contributed by atoms with E-state index in [9.17, 15) is 19.4 Å². The minimum atomic E-state index is -4.56. The van der Waals surface area contributed by atoms with Gasteiger partial charge in [-0.2, -0.15) is 0 Å². The molecule has 0 saturated carbocycles.